The highest BCUT2D eigenvalue weighted by Gasteiger charge is 2.08. The third-order valence-electron chi connectivity index (χ3n) is 3.39. The Morgan fingerprint density at radius 2 is 1.79 bits per heavy atom. The molecule has 2 rings (SSSR count). The lowest BCUT2D eigenvalue weighted by atomic mass is 10.1. The summed E-state index contributed by atoms with van der Waals surface area (Å²) in [6.45, 7) is 4.89. The van der Waals surface area contributed by atoms with Crippen LogP contribution in [0, 0.1) is 19.7 Å². The molecule has 0 unspecified atom stereocenters. The van der Waals surface area contributed by atoms with Crippen molar-refractivity contribution < 1.29 is 4.39 Å². The molecular formula is C16H19FN2. The molecule has 3 heteroatoms. The third-order valence-corrected chi connectivity index (χ3v) is 3.39. The summed E-state index contributed by atoms with van der Waals surface area (Å²) in [5, 5.41) is 0. The average molecular weight is 258 g/mol. The number of aryl methyl sites for hydroxylation is 2. The smallest absolute Gasteiger partial charge is 0.125 e. The maximum absolute atomic E-state index is 13.3. The molecule has 0 aliphatic rings. The van der Waals surface area contributed by atoms with Gasteiger partial charge in [-0.25, -0.2) is 4.39 Å². The van der Waals surface area contributed by atoms with Gasteiger partial charge in [0, 0.05) is 13.6 Å². The topological polar surface area (TPSA) is 29.3 Å². The predicted octanol–water partition coefficient (Wildman–Crippen LogP) is 3.66. The van der Waals surface area contributed by atoms with Gasteiger partial charge in [-0.15, -0.1) is 0 Å². The summed E-state index contributed by atoms with van der Waals surface area (Å²) in [7, 11) is 1.92. The van der Waals surface area contributed by atoms with Crippen LogP contribution in [0.1, 0.15) is 16.7 Å². The number of nitrogen functional groups attached to an aromatic ring is 1. The monoisotopic (exact) mass is 258 g/mol. The van der Waals surface area contributed by atoms with Crippen LogP contribution in [0.15, 0.2) is 36.4 Å². The van der Waals surface area contributed by atoms with E-state index in [1.54, 1.807) is 6.07 Å². The molecule has 100 valence electrons. The van der Waals surface area contributed by atoms with Gasteiger partial charge < -0.3 is 10.6 Å². The molecule has 2 aromatic rings. The SMILES string of the molecule is Cc1ccc(CN(C)c2cc(F)ccc2N)cc1C. The predicted molar refractivity (Wildman–Crippen MR) is 78.8 cm³/mol. The summed E-state index contributed by atoms with van der Waals surface area (Å²) in [6.07, 6.45) is 0. The Morgan fingerprint density at radius 1 is 1.05 bits per heavy atom. The van der Waals surface area contributed by atoms with E-state index >= 15 is 0 Å². The lowest BCUT2D eigenvalue weighted by molar-refractivity contribution is 0.627. The van der Waals surface area contributed by atoms with E-state index in [2.05, 4.69) is 32.0 Å². The Bertz CT molecular complexity index is 593. The van der Waals surface area contributed by atoms with Crippen molar-refractivity contribution in [1.29, 1.82) is 0 Å². The molecule has 0 spiro atoms. The summed E-state index contributed by atoms with van der Waals surface area (Å²) in [5.41, 5.74) is 10.9. The van der Waals surface area contributed by atoms with E-state index in [1.807, 2.05) is 11.9 Å². The molecule has 0 aliphatic carbocycles. The van der Waals surface area contributed by atoms with Crippen molar-refractivity contribution in [3.05, 3.63) is 58.9 Å². The maximum atomic E-state index is 13.3. The zero-order chi connectivity index (χ0) is 14.0. The first-order valence-electron chi connectivity index (χ1n) is 6.29. The van der Waals surface area contributed by atoms with Gasteiger partial charge in [0.2, 0.25) is 0 Å². The molecule has 0 saturated heterocycles. The Hall–Kier alpha value is -2.03. The molecule has 2 aromatic carbocycles. The van der Waals surface area contributed by atoms with Crippen molar-refractivity contribution in [2.75, 3.05) is 17.7 Å². The highest BCUT2D eigenvalue weighted by Crippen LogP contribution is 2.24. The van der Waals surface area contributed by atoms with Crippen LogP contribution < -0.4 is 10.6 Å². The Balaban J connectivity index is 2.22. The number of hydrogen-bond acceptors (Lipinski definition) is 2. The second-order valence-corrected chi connectivity index (χ2v) is 4.98. The van der Waals surface area contributed by atoms with Crippen LogP contribution in [-0.4, -0.2) is 7.05 Å². The number of rotatable bonds is 3. The van der Waals surface area contributed by atoms with Crippen LogP contribution >= 0.6 is 0 Å². The van der Waals surface area contributed by atoms with E-state index in [4.69, 9.17) is 5.73 Å². The molecule has 0 radical (unpaired) electrons. The van der Waals surface area contributed by atoms with Gasteiger partial charge in [-0.1, -0.05) is 18.2 Å². The Morgan fingerprint density at radius 3 is 2.47 bits per heavy atom. The van der Waals surface area contributed by atoms with E-state index in [1.165, 1.54) is 28.8 Å². The van der Waals surface area contributed by atoms with E-state index in [-0.39, 0.29) is 5.82 Å². The number of nitrogens with zero attached hydrogens (tertiary/aromatic N) is 1. The fraction of sp³-hybridized carbons (Fsp3) is 0.250. The van der Waals surface area contributed by atoms with Gasteiger partial charge in [-0.05, 0) is 48.7 Å². The van der Waals surface area contributed by atoms with Crippen LogP contribution in [-0.2, 0) is 6.54 Å². The molecule has 0 saturated carbocycles. The molecule has 0 heterocycles. The summed E-state index contributed by atoms with van der Waals surface area (Å²) in [6, 6.07) is 10.8. The summed E-state index contributed by atoms with van der Waals surface area (Å²) >= 11 is 0. The quantitative estimate of drug-likeness (QED) is 0.851. The van der Waals surface area contributed by atoms with Crippen molar-refractivity contribution in [3.8, 4) is 0 Å². The van der Waals surface area contributed by atoms with E-state index < -0.39 is 0 Å². The molecular weight excluding hydrogens is 239 g/mol. The maximum Gasteiger partial charge on any atom is 0.125 e. The molecule has 19 heavy (non-hydrogen) atoms. The fourth-order valence-electron chi connectivity index (χ4n) is 2.11. The molecule has 0 amide bonds. The van der Waals surface area contributed by atoms with Crippen molar-refractivity contribution in [2.24, 2.45) is 0 Å². The van der Waals surface area contributed by atoms with E-state index in [9.17, 15) is 4.39 Å². The largest absolute Gasteiger partial charge is 0.397 e. The first kappa shape index (κ1) is 13.4. The van der Waals surface area contributed by atoms with Gasteiger partial charge in [0.15, 0.2) is 0 Å². The molecule has 2 N–H and O–H groups in total. The standard InChI is InChI=1S/C16H19FN2/c1-11-4-5-13(8-12(11)2)10-19(3)16-9-14(17)6-7-15(16)18/h4-9H,10,18H2,1-3H3. The first-order chi connectivity index (χ1) is 8.97. The zero-order valence-corrected chi connectivity index (χ0v) is 11.6. The summed E-state index contributed by atoms with van der Waals surface area (Å²) < 4.78 is 13.3. The van der Waals surface area contributed by atoms with E-state index in [0.29, 0.717) is 12.2 Å². The van der Waals surface area contributed by atoms with Gasteiger partial charge >= 0.3 is 0 Å². The van der Waals surface area contributed by atoms with E-state index in [0.717, 1.165) is 5.69 Å². The van der Waals surface area contributed by atoms with Crippen LogP contribution in [0.2, 0.25) is 0 Å². The average Bonchev–Trinajstić information content (AvgIpc) is 2.36. The number of anilines is 2. The lowest BCUT2D eigenvalue weighted by Crippen LogP contribution is -2.18. The fourth-order valence-corrected chi connectivity index (χ4v) is 2.11. The van der Waals surface area contributed by atoms with Crippen molar-refractivity contribution in [2.45, 2.75) is 20.4 Å². The first-order valence-corrected chi connectivity index (χ1v) is 6.29. The van der Waals surface area contributed by atoms with Crippen LogP contribution in [0.3, 0.4) is 0 Å². The lowest BCUT2D eigenvalue weighted by Gasteiger charge is -2.21. The molecule has 0 aliphatic heterocycles. The molecule has 0 fully saturated rings. The highest BCUT2D eigenvalue weighted by molar-refractivity contribution is 5.67. The van der Waals surface area contributed by atoms with Crippen LogP contribution in [0.25, 0.3) is 0 Å². The van der Waals surface area contributed by atoms with Crippen LogP contribution in [0.5, 0.6) is 0 Å². The van der Waals surface area contributed by atoms with Gasteiger partial charge in [-0.2, -0.15) is 0 Å². The van der Waals surface area contributed by atoms with Crippen molar-refractivity contribution in [1.82, 2.24) is 0 Å². The van der Waals surface area contributed by atoms with Gasteiger partial charge in [-0.3, -0.25) is 0 Å². The normalized spacial score (nSPS) is 10.5. The van der Waals surface area contributed by atoms with Gasteiger partial charge in [0.1, 0.15) is 5.82 Å². The summed E-state index contributed by atoms with van der Waals surface area (Å²) in [4.78, 5) is 1.96. The third kappa shape index (κ3) is 3.05. The second kappa shape index (κ2) is 5.31. The number of halogens is 1. The minimum atomic E-state index is -0.267. The minimum Gasteiger partial charge on any atom is -0.397 e. The Labute approximate surface area is 113 Å². The molecule has 0 aromatic heterocycles. The van der Waals surface area contributed by atoms with Crippen molar-refractivity contribution in [3.63, 3.8) is 0 Å². The molecule has 2 nitrogen and oxygen atoms in total. The molecule has 0 atom stereocenters. The van der Waals surface area contributed by atoms with Crippen LogP contribution in [0.4, 0.5) is 15.8 Å². The van der Waals surface area contributed by atoms with Gasteiger partial charge in [0.05, 0.1) is 11.4 Å². The second-order valence-electron chi connectivity index (χ2n) is 4.98. The Kier molecular flexibility index (Phi) is 3.74. The van der Waals surface area contributed by atoms with Gasteiger partial charge in [0.25, 0.3) is 0 Å². The summed E-state index contributed by atoms with van der Waals surface area (Å²) in [5.74, 6) is -0.267. The zero-order valence-electron chi connectivity index (χ0n) is 11.6. The highest BCUT2D eigenvalue weighted by atomic mass is 19.1. The number of hydrogen-bond donors (Lipinski definition) is 1. The van der Waals surface area contributed by atoms with Crippen molar-refractivity contribution >= 4 is 11.4 Å². The molecule has 0 bridgehead atoms. The minimum absolute atomic E-state index is 0.267. The number of nitrogens with two attached hydrogens (primary N) is 1. The number of benzene rings is 2.